The zero-order chi connectivity index (χ0) is 16.3. The molecule has 0 saturated heterocycles. The van der Waals surface area contributed by atoms with Crippen molar-refractivity contribution < 1.29 is 19.3 Å². The molecule has 1 rings (SSSR count). The maximum atomic E-state index is 10.2. The second-order valence-corrected chi connectivity index (χ2v) is 6.07. The molecule has 21 heavy (non-hydrogen) atoms. The third-order valence-electron chi connectivity index (χ3n) is 3.99. The number of ether oxygens (including phenoxy) is 3. The number of benzene rings is 1. The molecule has 5 heteroatoms. The summed E-state index contributed by atoms with van der Waals surface area (Å²) in [5.41, 5.74) is -0.289. The maximum Gasteiger partial charge on any atom is 0.203 e. The van der Waals surface area contributed by atoms with Gasteiger partial charge in [-0.25, -0.2) is 0 Å². The fourth-order valence-electron chi connectivity index (χ4n) is 1.78. The second-order valence-electron chi connectivity index (χ2n) is 6.07. The van der Waals surface area contributed by atoms with Crippen molar-refractivity contribution in [2.45, 2.75) is 45.4 Å². The molecule has 0 aliphatic carbocycles. The van der Waals surface area contributed by atoms with Gasteiger partial charge in [0, 0.05) is 12.1 Å². The fraction of sp³-hybridized carbons (Fsp3) is 0.625. The Morgan fingerprint density at radius 1 is 0.952 bits per heavy atom. The van der Waals surface area contributed by atoms with Crippen LogP contribution in [0.4, 0.5) is 0 Å². The third-order valence-corrected chi connectivity index (χ3v) is 3.99. The van der Waals surface area contributed by atoms with Crippen LogP contribution in [0.3, 0.4) is 0 Å². The Kier molecular flexibility index (Phi) is 5.48. The van der Waals surface area contributed by atoms with Gasteiger partial charge in [0.25, 0.3) is 0 Å². The molecular weight excluding hydrogens is 270 g/mol. The average molecular weight is 297 g/mol. The van der Waals surface area contributed by atoms with Gasteiger partial charge in [0.05, 0.1) is 26.9 Å². The summed E-state index contributed by atoms with van der Waals surface area (Å²) in [6.45, 7) is 8.08. The first-order valence-electron chi connectivity index (χ1n) is 6.92. The first kappa shape index (κ1) is 17.6. The van der Waals surface area contributed by atoms with E-state index in [0.29, 0.717) is 23.8 Å². The van der Waals surface area contributed by atoms with E-state index in [1.54, 1.807) is 35.2 Å². The molecule has 0 heterocycles. The Morgan fingerprint density at radius 2 is 1.43 bits per heavy atom. The van der Waals surface area contributed by atoms with E-state index in [-0.39, 0.29) is 0 Å². The normalized spacial score (nSPS) is 12.2. The minimum Gasteiger partial charge on any atom is -0.493 e. The average Bonchev–Trinajstić information content (AvgIpc) is 2.42. The lowest BCUT2D eigenvalue weighted by Crippen LogP contribution is -2.55. The smallest absolute Gasteiger partial charge is 0.203 e. The molecule has 120 valence electrons. The topological polar surface area (TPSA) is 60.0 Å². The summed E-state index contributed by atoms with van der Waals surface area (Å²) in [6, 6.07) is 3.80. The molecule has 1 aromatic carbocycles. The van der Waals surface area contributed by atoms with Gasteiger partial charge in [0.15, 0.2) is 11.5 Å². The molecule has 0 saturated carbocycles. The maximum absolute atomic E-state index is 10.2. The van der Waals surface area contributed by atoms with Crippen molar-refractivity contribution >= 4 is 0 Å². The molecule has 0 aromatic heterocycles. The molecule has 5 nitrogen and oxygen atoms in total. The third kappa shape index (κ3) is 4.02. The summed E-state index contributed by atoms with van der Waals surface area (Å²) in [5, 5.41) is 13.5. The molecule has 0 amide bonds. The lowest BCUT2D eigenvalue weighted by atomic mass is 9.86. The minimum absolute atomic E-state index is 0.437. The van der Waals surface area contributed by atoms with Crippen molar-refractivity contribution in [1.82, 2.24) is 5.32 Å². The van der Waals surface area contributed by atoms with E-state index in [4.69, 9.17) is 14.2 Å². The predicted octanol–water partition coefficient (Wildman–Crippen LogP) is 2.35. The zero-order valence-corrected chi connectivity index (χ0v) is 14.0. The lowest BCUT2D eigenvalue weighted by molar-refractivity contribution is -0.00532. The first-order chi connectivity index (χ1) is 9.66. The van der Waals surface area contributed by atoms with Crippen LogP contribution in [-0.2, 0) is 6.54 Å². The van der Waals surface area contributed by atoms with Crippen LogP contribution >= 0.6 is 0 Å². The van der Waals surface area contributed by atoms with Gasteiger partial charge in [-0.1, -0.05) is 0 Å². The quantitative estimate of drug-likeness (QED) is 0.809. The summed E-state index contributed by atoms with van der Waals surface area (Å²) < 4.78 is 16.0. The highest BCUT2D eigenvalue weighted by molar-refractivity contribution is 5.53. The molecule has 0 fully saturated rings. The number of rotatable bonds is 7. The van der Waals surface area contributed by atoms with Crippen LogP contribution in [0.25, 0.3) is 0 Å². The molecule has 0 aliphatic rings. The summed E-state index contributed by atoms with van der Waals surface area (Å²) in [4.78, 5) is 0. The van der Waals surface area contributed by atoms with Crippen LogP contribution in [0, 0.1) is 0 Å². The highest BCUT2D eigenvalue weighted by Gasteiger charge is 2.34. The molecule has 0 aliphatic heterocycles. The first-order valence-corrected chi connectivity index (χ1v) is 6.92. The van der Waals surface area contributed by atoms with Crippen molar-refractivity contribution in [2.24, 2.45) is 0 Å². The highest BCUT2D eigenvalue weighted by Crippen LogP contribution is 2.38. The Bertz CT molecular complexity index is 453. The Morgan fingerprint density at radius 3 is 1.76 bits per heavy atom. The highest BCUT2D eigenvalue weighted by atomic mass is 16.5. The predicted molar refractivity (Wildman–Crippen MR) is 83.3 cm³/mol. The monoisotopic (exact) mass is 297 g/mol. The summed E-state index contributed by atoms with van der Waals surface area (Å²) >= 11 is 0. The largest absolute Gasteiger partial charge is 0.493 e. The summed E-state index contributed by atoms with van der Waals surface area (Å²) in [6.07, 6.45) is 0. The van der Waals surface area contributed by atoms with Gasteiger partial charge in [-0.3, -0.25) is 0 Å². The van der Waals surface area contributed by atoms with Gasteiger partial charge in [-0.2, -0.15) is 0 Å². The molecule has 0 radical (unpaired) electrons. The number of methoxy groups -OCH3 is 3. The van der Waals surface area contributed by atoms with Gasteiger partial charge in [-0.15, -0.1) is 0 Å². The Hall–Kier alpha value is -1.46. The van der Waals surface area contributed by atoms with Gasteiger partial charge in [0.2, 0.25) is 5.75 Å². The lowest BCUT2D eigenvalue weighted by Gasteiger charge is -2.38. The fourth-order valence-corrected chi connectivity index (χ4v) is 1.78. The van der Waals surface area contributed by atoms with Gasteiger partial charge >= 0.3 is 0 Å². The molecular formula is C16H27NO4. The van der Waals surface area contributed by atoms with Crippen molar-refractivity contribution in [3.63, 3.8) is 0 Å². The molecule has 0 bridgehead atoms. The van der Waals surface area contributed by atoms with Crippen molar-refractivity contribution in [2.75, 3.05) is 21.3 Å². The SMILES string of the molecule is COc1cc(CNC(C)(C)C(C)(C)O)cc(OC)c1OC. The Labute approximate surface area is 127 Å². The van der Waals surface area contributed by atoms with E-state index in [1.165, 1.54) is 0 Å². The minimum atomic E-state index is -0.840. The van der Waals surface area contributed by atoms with Crippen LogP contribution in [0.15, 0.2) is 12.1 Å². The molecule has 1 aromatic rings. The number of hydrogen-bond acceptors (Lipinski definition) is 5. The van der Waals surface area contributed by atoms with E-state index < -0.39 is 11.1 Å². The van der Waals surface area contributed by atoms with E-state index >= 15 is 0 Å². The van der Waals surface area contributed by atoms with Crippen LogP contribution < -0.4 is 19.5 Å². The summed E-state index contributed by atoms with van der Waals surface area (Å²) in [5.74, 6) is 1.81. The van der Waals surface area contributed by atoms with Crippen molar-refractivity contribution in [3.05, 3.63) is 17.7 Å². The number of nitrogens with one attached hydrogen (secondary N) is 1. The number of hydrogen-bond donors (Lipinski definition) is 2. The van der Waals surface area contributed by atoms with Gasteiger partial charge < -0.3 is 24.6 Å². The van der Waals surface area contributed by atoms with E-state index in [9.17, 15) is 5.11 Å². The van der Waals surface area contributed by atoms with Gasteiger partial charge in [-0.05, 0) is 45.4 Å². The molecule has 0 atom stereocenters. The number of aliphatic hydroxyl groups is 1. The van der Waals surface area contributed by atoms with Crippen molar-refractivity contribution in [1.29, 1.82) is 0 Å². The molecule has 0 unspecified atom stereocenters. The van der Waals surface area contributed by atoms with Gasteiger partial charge in [0.1, 0.15) is 0 Å². The van der Waals surface area contributed by atoms with Crippen LogP contribution in [0.1, 0.15) is 33.3 Å². The van der Waals surface area contributed by atoms with Crippen LogP contribution in [-0.4, -0.2) is 37.6 Å². The molecule has 0 spiro atoms. The molecule has 2 N–H and O–H groups in total. The zero-order valence-electron chi connectivity index (χ0n) is 14.0. The van der Waals surface area contributed by atoms with E-state index in [0.717, 1.165) is 5.56 Å². The standard InChI is InChI=1S/C16H27NO4/c1-15(2,16(3,4)18)17-10-11-8-12(19-5)14(21-7)13(9-11)20-6/h8-9,17-18H,10H2,1-7H3. The van der Waals surface area contributed by atoms with Crippen LogP contribution in [0.5, 0.6) is 17.2 Å². The summed E-state index contributed by atoms with van der Waals surface area (Å²) in [7, 11) is 4.76. The van der Waals surface area contributed by atoms with E-state index in [1.807, 2.05) is 26.0 Å². The van der Waals surface area contributed by atoms with E-state index in [2.05, 4.69) is 5.32 Å². The second kappa shape index (κ2) is 6.54. The van der Waals surface area contributed by atoms with Crippen molar-refractivity contribution in [3.8, 4) is 17.2 Å². The Balaban J connectivity index is 3.00. The van der Waals surface area contributed by atoms with Crippen LogP contribution in [0.2, 0.25) is 0 Å².